The maximum absolute atomic E-state index is 11.6. The Hall–Kier alpha value is -1.43. The van der Waals surface area contributed by atoms with Crippen molar-refractivity contribution >= 4 is 24.4 Å². The summed E-state index contributed by atoms with van der Waals surface area (Å²) >= 11 is 3.87. The standard InChI is InChI=1S/C14H22N2O3S/c1-11-6-7-12(19-11)9-16-13(17)5-3-2-4-8-15-14(18)10-20/h6-7,20H,2-5,8-10H2,1H3,(H,15,18)(H,16,17). The molecule has 0 bridgehead atoms. The van der Waals surface area contributed by atoms with E-state index in [1.807, 2.05) is 19.1 Å². The van der Waals surface area contributed by atoms with Gasteiger partial charge in [0.25, 0.3) is 0 Å². The normalized spacial score (nSPS) is 10.3. The Morgan fingerprint density at radius 3 is 2.60 bits per heavy atom. The molecule has 0 saturated carbocycles. The summed E-state index contributed by atoms with van der Waals surface area (Å²) in [4.78, 5) is 22.5. The van der Waals surface area contributed by atoms with Crippen molar-refractivity contribution in [2.45, 2.75) is 39.2 Å². The number of rotatable bonds is 9. The molecule has 0 aromatic carbocycles. The lowest BCUT2D eigenvalue weighted by Crippen LogP contribution is -2.25. The molecule has 1 rings (SSSR count). The van der Waals surface area contributed by atoms with E-state index in [2.05, 4.69) is 23.3 Å². The van der Waals surface area contributed by atoms with E-state index in [4.69, 9.17) is 4.42 Å². The van der Waals surface area contributed by atoms with Crippen molar-refractivity contribution in [3.63, 3.8) is 0 Å². The van der Waals surface area contributed by atoms with Crippen LogP contribution in [-0.4, -0.2) is 24.1 Å². The van der Waals surface area contributed by atoms with Crippen LogP contribution in [0.2, 0.25) is 0 Å². The van der Waals surface area contributed by atoms with E-state index in [0.29, 0.717) is 19.5 Å². The van der Waals surface area contributed by atoms with Crippen molar-refractivity contribution in [2.75, 3.05) is 12.3 Å². The highest BCUT2D eigenvalue weighted by Crippen LogP contribution is 2.06. The maximum atomic E-state index is 11.6. The second kappa shape index (κ2) is 9.47. The van der Waals surface area contributed by atoms with Crippen molar-refractivity contribution in [3.8, 4) is 0 Å². The van der Waals surface area contributed by atoms with Gasteiger partial charge in [-0.25, -0.2) is 0 Å². The zero-order chi connectivity index (χ0) is 14.8. The third kappa shape index (κ3) is 7.23. The molecule has 0 atom stereocenters. The van der Waals surface area contributed by atoms with Crippen LogP contribution >= 0.6 is 12.6 Å². The van der Waals surface area contributed by atoms with Gasteiger partial charge in [0.05, 0.1) is 12.3 Å². The molecule has 0 radical (unpaired) electrons. The number of unbranched alkanes of at least 4 members (excludes halogenated alkanes) is 2. The van der Waals surface area contributed by atoms with Crippen molar-refractivity contribution < 1.29 is 14.0 Å². The zero-order valence-corrected chi connectivity index (χ0v) is 12.7. The minimum Gasteiger partial charge on any atom is -0.465 e. The van der Waals surface area contributed by atoms with Gasteiger partial charge in [0.2, 0.25) is 11.8 Å². The minimum atomic E-state index is -0.0557. The molecule has 1 heterocycles. The summed E-state index contributed by atoms with van der Waals surface area (Å²) < 4.78 is 5.36. The van der Waals surface area contributed by atoms with Crippen LogP contribution in [0.5, 0.6) is 0 Å². The van der Waals surface area contributed by atoms with Crippen LogP contribution in [0.15, 0.2) is 16.5 Å². The fourth-order valence-electron chi connectivity index (χ4n) is 1.73. The minimum absolute atomic E-state index is 0.0263. The SMILES string of the molecule is Cc1ccc(CNC(=O)CCCCCNC(=O)CS)o1. The van der Waals surface area contributed by atoms with E-state index in [9.17, 15) is 9.59 Å². The van der Waals surface area contributed by atoms with E-state index in [-0.39, 0.29) is 17.6 Å². The number of aryl methyl sites for hydroxylation is 1. The second-order valence-electron chi connectivity index (χ2n) is 4.61. The number of hydrogen-bond donors (Lipinski definition) is 3. The third-order valence-corrected chi connectivity index (χ3v) is 3.09. The molecule has 0 aliphatic heterocycles. The first kappa shape index (κ1) is 16.6. The third-order valence-electron chi connectivity index (χ3n) is 2.80. The molecule has 0 spiro atoms. The van der Waals surface area contributed by atoms with Crippen molar-refractivity contribution in [2.24, 2.45) is 0 Å². The molecule has 6 heteroatoms. The van der Waals surface area contributed by atoms with Crippen molar-refractivity contribution in [1.29, 1.82) is 0 Å². The Bertz CT molecular complexity index is 432. The average molecular weight is 298 g/mol. The number of nitrogens with one attached hydrogen (secondary N) is 2. The van der Waals surface area contributed by atoms with E-state index in [1.165, 1.54) is 0 Å². The topological polar surface area (TPSA) is 71.3 Å². The quantitative estimate of drug-likeness (QED) is 0.481. The Kier molecular flexibility index (Phi) is 7.87. The van der Waals surface area contributed by atoms with Gasteiger partial charge in [-0.05, 0) is 31.9 Å². The number of carbonyl (C=O) groups excluding carboxylic acids is 2. The summed E-state index contributed by atoms with van der Waals surface area (Å²) in [5, 5.41) is 5.56. The Morgan fingerprint density at radius 2 is 1.95 bits per heavy atom. The Labute approximate surface area is 124 Å². The van der Waals surface area contributed by atoms with Gasteiger partial charge >= 0.3 is 0 Å². The highest BCUT2D eigenvalue weighted by atomic mass is 32.1. The number of amides is 2. The summed E-state index contributed by atoms with van der Waals surface area (Å²) in [5.41, 5.74) is 0. The molecular formula is C14H22N2O3S. The van der Waals surface area contributed by atoms with Crippen LogP contribution in [0.3, 0.4) is 0 Å². The van der Waals surface area contributed by atoms with Crippen molar-refractivity contribution in [1.82, 2.24) is 10.6 Å². The average Bonchev–Trinajstić information content (AvgIpc) is 2.85. The van der Waals surface area contributed by atoms with Gasteiger partial charge < -0.3 is 15.1 Å². The van der Waals surface area contributed by atoms with Crippen LogP contribution in [0.4, 0.5) is 0 Å². The Morgan fingerprint density at radius 1 is 1.15 bits per heavy atom. The van der Waals surface area contributed by atoms with Crippen LogP contribution in [-0.2, 0) is 16.1 Å². The molecular weight excluding hydrogens is 276 g/mol. The molecule has 2 amide bonds. The second-order valence-corrected chi connectivity index (χ2v) is 4.92. The fraction of sp³-hybridized carbons (Fsp3) is 0.571. The first-order valence-electron chi connectivity index (χ1n) is 6.81. The molecule has 5 nitrogen and oxygen atoms in total. The summed E-state index contributed by atoms with van der Waals surface area (Å²) in [6.45, 7) is 2.95. The van der Waals surface area contributed by atoms with E-state index >= 15 is 0 Å². The van der Waals surface area contributed by atoms with E-state index in [1.54, 1.807) is 0 Å². The number of furan rings is 1. The molecule has 0 fully saturated rings. The van der Waals surface area contributed by atoms with Gasteiger partial charge in [-0.1, -0.05) is 6.42 Å². The Balaban J connectivity index is 1.99. The highest BCUT2D eigenvalue weighted by molar-refractivity contribution is 7.81. The van der Waals surface area contributed by atoms with Crippen LogP contribution in [0.1, 0.15) is 37.2 Å². The molecule has 1 aromatic heterocycles. The summed E-state index contributed by atoms with van der Waals surface area (Å²) in [7, 11) is 0. The molecule has 112 valence electrons. The van der Waals surface area contributed by atoms with Gasteiger partial charge in [0.15, 0.2) is 0 Å². The predicted octanol–water partition coefficient (Wildman–Crippen LogP) is 1.81. The molecule has 0 aliphatic carbocycles. The van der Waals surface area contributed by atoms with Crippen molar-refractivity contribution in [3.05, 3.63) is 23.7 Å². The summed E-state index contributed by atoms with van der Waals surface area (Å²) in [6, 6.07) is 3.74. The molecule has 0 saturated heterocycles. The van der Waals surface area contributed by atoms with Crippen LogP contribution in [0, 0.1) is 6.92 Å². The van der Waals surface area contributed by atoms with E-state index < -0.39 is 0 Å². The van der Waals surface area contributed by atoms with Gasteiger partial charge in [0, 0.05) is 13.0 Å². The lowest BCUT2D eigenvalue weighted by Gasteiger charge is -2.04. The lowest BCUT2D eigenvalue weighted by atomic mass is 10.2. The van der Waals surface area contributed by atoms with Gasteiger partial charge in [-0.2, -0.15) is 12.6 Å². The largest absolute Gasteiger partial charge is 0.465 e. The first-order chi connectivity index (χ1) is 9.61. The van der Waals surface area contributed by atoms with Crippen LogP contribution < -0.4 is 10.6 Å². The predicted molar refractivity (Wildman–Crippen MR) is 80.6 cm³/mol. The molecule has 0 aliphatic rings. The smallest absolute Gasteiger partial charge is 0.229 e. The van der Waals surface area contributed by atoms with Gasteiger partial charge in [-0.3, -0.25) is 9.59 Å². The molecule has 2 N–H and O–H groups in total. The maximum Gasteiger partial charge on any atom is 0.229 e. The first-order valence-corrected chi connectivity index (χ1v) is 7.44. The van der Waals surface area contributed by atoms with Gasteiger partial charge in [-0.15, -0.1) is 0 Å². The number of thiol groups is 1. The number of hydrogen-bond acceptors (Lipinski definition) is 4. The zero-order valence-electron chi connectivity index (χ0n) is 11.8. The molecule has 20 heavy (non-hydrogen) atoms. The summed E-state index contributed by atoms with van der Waals surface area (Å²) in [5.74, 6) is 1.80. The number of carbonyl (C=O) groups is 2. The molecule has 1 aromatic rings. The van der Waals surface area contributed by atoms with E-state index in [0.717, 1.165) is 30.8 Å². The fourth-order valence-corrected chi connectivity index (χ4v) is 1.84. The molecule has 0 unspecified atom stereocenters. The monoisotopic (exact) mass is 298 g/mol. The van der Waals surface area contributed by atoms with Gasteiger partial charge in [0.1, 0.15) is 11.5 Å². The highest BCUT2D eigenvalue weighted by Gasteiger charge is 2.03. The van der Waals surface area contributed by atoms with Crippen LogP contribution in [0.25, 0.3) is 0 Å². The summed E-state index contributed by atoms with van der Waals surface area (Å²) in [6.07, 6.45) is 3.12. The lowest BCUT2D eigenvalue weighted by molar-refractivity contribution is -0.121.